The first-order valence-electron chi connectivity index (χ1n) is 23.3. The number of piperazine rings is 2. The number of likely N-dealkylation sites (N-methyl/N-ethyl adjacent to an activating group) is 2. The van der Waals surface area contributed by atoms with Crippen molar-refractivity contribution >= 4 is 56.6 Å². The molecule has 4 aliphatic heterocycles. The number of benzene rings is 2. The van der Waals surface area contributed by atoms with Gasteiger partial charge < -0.3 is 40.6 Å². The Bertz CT molecular complexity index is 2490. The number of hydrogen-bond acceptors (Lipinski definition) is 11. The topological polar surface area (TPSA) is 184 Å². The van der Waals surface area contributed by atoms with Crippen molar-refractivity contribution in [3.63, 3.8) is 0 Å². The Morgan fingerprint density at radius 2 is 1.12 bits per heavy atom. The van der Waals surface area contributed by atoms with Crippen LogP contribution in [0.2, 0.25) is 0 Å². The number of fused-ring (bicyclic) bond motifs is 2. The molecule has 2 aromatic carbocycles. The zero-order valence-electron chi connectivity index (χ0n) is 38.7. The number of aliphatic hydroxyl groups excluding tert-OH is 2. The average molecular weight is 891 g/mol. The smallest absolute Gasteiger partial charge is 0.277 e. The first-order valence-corrected chi connectivity index (χ1v) is 23.3. The van der Waals surface area contributed by atoms with Gasteiger partial charge in [-0.2, -0.15) is 0 Å². The van der Waals surface area contributed by atoms with Gasteiger partial charge in [0.25, 0.3) is 11.8 Å². The Hall–Kier alpha value is -5.52. The predicted octanol–water partition coefficient (Wildman–Crippen LogP) is 2.89. The Morgan fingerprint density at radius 1 is 0.646 bits per heavy atom. The molecule has 0 aliphatic carbocycles. The molecule has 2 fully saturated rings. The van der Waals surface area contributed by atoms with Gasteiger partial charge in [-0.05, 0) is 72.6 Å². The summed E-state index contributed by atoms with van der Waals surface area (Å²) in [6.45, 7) is 13.2. The second kappa shape index (κ2) is 19.5. The molecule has 0 bridgehead atoms. The fourth-order valence-corrected chi connectivity index (χ4v) is 10.1. The number of nitrogens with zero attached hydrogens (tertiary/aromatic N) is 6. The maximum Gasteiger partial charge on any atom is 0.277 e. The lowest BCUT2D eigenvalue weighted by Crippen LogP contribution is -2.51. The Morgan fingerprint density at radius 3 is 1.65 bits per heavy atom. The van der Waals surface area contributed by atoms with Crippen molar-refractivity contribution in [3.05, 3.63) is 82.4 Å². The molecule has 4 aromatic rings. The van der Waals surface area contributed by atoms with E-state index in [1.807, 2.05) is 75.1 Å². The Labute approximate surface area is 381 Å². The molecule has 2 saturated heterocycles. The van der Waals surface area contributed by atoms with Gasteiger partial charge in [-0.3, -0.25) is 33.9 Å². The van der Waals surface area contributed by atoms with E-state index in [0.29, 0.717) is 101 Å². The number of para-hydroxylation sites is 2. The summed E-state index contributed by atoms with van der Waals surface area (Å²) in [6.07, 6.45) is 1.91. The van der Waals surface area contributed by atoms with Crippen molar-refractivity contribution in [3.8, 4) is 0 Å². The van der Waals surface area contributed by atoms with E-state index in [1.54, 1.807) is 19.0 Å². The molecule has 348 valence electrons. The summed E-state index contributed by atoms with van der Waals surface area (Å²) < 4.78 is 0. The molecule has 0 saturated carbocycles. The third kappa shape index (κ3) is 9.45. The number of hydrogen-bond donors (Lipinski definition) is 6. The zero-order valence-corrected chi connectivity index (χ0v) is 38.7. The fourth-order valence-electron chi connectivity index (χ4n) is 10.1. The van der Waals surface area contributed by atoms with E-state index in [-0.39, 0.29) is 35.7 Å². The summed E-state index contributed by atoms with van der Waals surface area (Å²) in [7, 11) is 3.29. The summed E-state index contributed by atoms with van der Waals surface area (Å²) in [5.74, 6) is -0.639. The van der Waals surface area contributed by atoms with Crippen LogP contribution in [-0.2, 0) is 32.0 Å². The highest BCUT2D eigenvalue weighted by atomic mass is 16.3. The number of aromatic amines is 2. The molecule has 2 atom stereocenters. The molecular formula is C49H66N10O6. The lowest BCUT2D eigenvalue weighted by molar-refractivity contribution is -0.136. The van der Waals surface area contributed by atoms with Crippen LogP contribution in [0.3, 0.4) is 0 Å². The van der Waals surface area contributed by atoms with E-state index in [9.17, 15) is 29.4 Å². The van der Waals surface area contributed by atoms with Crippen molar-refractivity contribution in [1.29, 1.82) is 0 Å². The minimum absolute atomic E-state index is 0.00116. The van der Waals surface area contributed by atoms with Crippen LogP contribution in [-0.4, -0.2) is 177 Å². The van der Waals surface area contributed by atoms with Gasteiger partial charge in [0.2, 0.25) is 11.8 Å². The molecule has 0 spiro atoms. The molecule has 4 amide bonds. The number of carbonyl (C=O) groups excluding carboxylic acids is 4. The van der Waals surface area contributed by atoms with Gasteiger partial charge in [-0.1, -0.05) is 42.8 Å². The van der Waals surface area contributed by atoms with E-state index >= 15 is 0 Å². The molecular weight excluding hydrogens is 825 g/mol. The maximum atomic E-state index is 14.1. The molecule has 16 heteroatoms. The van der Waals surface area contributed by atoms with E-state index < -0.39 is 12.5 Å². The summed E-state index contributed by atoms with van der Waals surface area (Å²) in [6, 6.07) is 16.2. The predicted molar refractivity (Wildman–Crippen MR) is 252 cm³/mol. The van der Waals surface area contributed by atoms with Crippen LogP contribution in [0.1, 0.15) is 69.5 Å². The van der Waals surface area contributed by atoms with Crippen molar-refractivity contribution in [2.45, 2.75) is 84.3 Å². The average Bonchev–Trinajstić information content (AvgIpc) is 3.95. The zero-order chi connectivity index (χ0) is 46.1. The van der Waals surface area contributed by atoms with Gasteiger partial charge in [-0.15, -0.1) is 0 Å². The van der Waals surface area contributed by atoms with Crippen LogP contribution >= 0.6 is 0 Å². The van der Waals surface area contributed by atoms with Crippen molar-refractivity contribution in [1.82, 2.24) is 50.0 Å². The monoisotopic (exact) mass is 891 g/mol. The molecule has 8 rings (SSSR count). The first kappa shape index (κ1) is 46.0. The number of imide groups is 1. The van der Waals surface area contributed by atoms with E-state index in [0.717, 1.165) is 63.6 Å². The minimum atomic E-state index is -1.02. The van der Waals surface area contributed by atoms with Crippen LogP contribution in [0.15, 0.2) is 59.9 Å². The Kier molecular flexibility index (Phi) is 13.8. The number of aliphatic hydroxyl groups is 2. The van der Waals surface area contributed by atoms with Gasteiger partial charge in [0.1, 0.15) is 11.9 Å². The number of aromatic nitrogens is 2. The van der Waals surface area contributed by atoms with Crippen LogP contribution in [0, 0.1) is 0 Å². The highest BCUT2D eigenvalue weighted by molar-refractivity contribution is 6.37. The van der Waals surface area contributed by atoms with Gasteiger partial charge in [0.05, 0.1) is 24.4 Å². The van der Waals surface area contributed by atoms with Crippen LogP contribution in [0.4, 0.5) is 0 Å². The highest BCUT2D eigenvalue weighted by Crippen LogP contribution is 2.42. The van der Waals surface area contributed by atoms with Crippen molar-refractivity contribution < 1.29 is 29.4 Å². The Balaban J connectivity index is 1.00. The number of aryl methyl sites for hydroxylation is 2. The normalized spacial score (nSPS) is 20.6. The van der Waals surface area contributed by atoms with E-state index in [2.05, 4.69) is 41.4 Å². The van der Waals surface area contributed by atoms with Gasteiger partial charge in [-0.25, -0.2) is 4.90 Å². The van der Waals surface area contributed by atoms with Gasteiger partial charge >= 0.3 is 0 Å². The number of H-pyrrole nitrogens is 2. The lowest BCUT2D eigenvalue weighted by Gasteiger charge is -2.38. The standard InChI is InChI=1S/C49H66N10O6/c1-30(2)50-38(60)28-56-20-24-58(25-21-56)44-42(46(62)54(5)48(44)64)40-32-14-10-12-16-34(32)52-36(40)18-8-7-9-19-37-41(33-15-11-13-17-35(33)53-37)43-45(49(65)55(6)47(43)63)59-26-22-57(23-27-59)29-39(61)51-31(3)4/h10-17,30-31,46,48,52-53,62,64H,7-9,18-29H2,1-6H3,(H,50,60)(H,51,61). The molecule has 16 nitrogen and oxygen atoms in total. The molecule has 6 N–H and O–H groups in total. The largest absolute Gasteiger partial charge is 0.374 e. The van der Waals surface area contributed by atoms with Gasteiger partial charge in [0.15, 0.2) is 6.23 Å². The third-order valence-corrected chi connectivity index (χ3v) is 13.3. The molecule has 2 aromatic heterocycles. The summed E-state index contributed by atoms with van der Waals surface area (Å²) in [4.78, 5) is 71.5. The molecule has 6 heterocycles. The van der Waals surface area contributed by atoms with Crippen molar-refractivity contribution in [2.75, 3.05) is 79.5 Å². The van der Waals surface area contributed by atoms with Gasteiger partial charge in [0, 0.05) is 121 Å². The highest BCUT2D eigenvalue weighted by Gasteiger charge is 2.43. The van der Waals surface area contributed by atoms with Crippen LogP contribution in [0.25, 0.3) is 33.0 Å². The van der Waals surface area contributed by atoms with Crippen molar-refractivity contribution in [2.24, 2.45) is 0 Å². The molecule has 65 heavy (non-hydrogen) atoms. The van der Waals surface area contributed by atoms with E-state index in [1.165, 1.54) is 4.90 Å². The number of carbonyl (C=O) groups is 4. The first-order chi connectivity index (χ1) is 31.2. The summed E-state index contributed by atoms with van der Waals surface area (Å²) >= 11 is 0. The number of unbranched alkanes of at least 4 members (excludes halogenated alkanes) is 2. The quantitative estimate of drug-likeness (QED) is 0.0719. The molecule has 4 aliphatic rings. The fraction of sp³-hybridized carbons (Fsp3) is 0.510. The molecule has 0 radical (unpaired) electrons. The lowest BCUT2D eigenvalue weighted by atomic mass is 9.95. The number of nitrogens with one attached hydrogen (secondary N) is 4. The van der Waals surface area contributed by atoms with E-state index in [4.69, 9.17) is 0 Å². The number of amides is 4. The second-order valence-electron chi connectivity index (χ2n) is 18.7. The second-order valence-corrected chi connectivity index (χ2v) is 18.7. The summed E-state index contributed by atoms with van der Waals surface area (Å²) in [5, 5.41) is 31.3. The minimum Gasteiger partial charge on any atom is -0.374 e. The maximum absolute atomic E-state index is 14.1. The number of rotatable bonds is 16. The third-order valence-electron chi connectivity index (χ3n) is 13.3. The summed E-state index contributed by atoms with van der Waals surface area (Å²) in [5.41, 5.74) is 7.79. The van der Waals surface area contributed by atoms with Crippen LogP contribution < -0.4 is 10.6 Å². The molecule has 2 unspecified atom stereocenters. The SMILES string of the molecule is CC(C)NC(=O)CN1CCN(C2=C(c3c(CCCCCc4[nH]c5ccccc5c4C4=C(N5CCN(CC(=O)NC(C)C)CC5)C(O)N(C)C4O)[nH]c4ccccc34)C(=O)N(C)C2=O)CC1. The van der Waals surface area contributed by atoms with Crippen LogP contribution in [0.5, 0.6) is 0 Å².